The molecule has 15 heavy (non-hydrogen) atoms. The van der Waals surface area contributed by atoms with Crippen LogP contribution in [0.4, 0.5) is 13.2 Å². The molecular weight excluding hydrogens is 227 g/mol. The number of halogens is 4. The van der Waals surface area contributed by atoms with E-state index in [0.717, 1.165) is 6.42 Å². The largest absolute Gasteiger partial charge is 0.310 e. The van der Waals surface area contributed by atoms with E-state index in [-0.39, 0.29) is 5.56 Å². The number of hydrogen-bond donors (Lipinski definition) is 1. The van der Waals surface area contributed by atoms with Gasteiger partial charge in [-0.3, -0.25) is 0 Å². The molecule has 1 unspecified atom stereocenters. The molecule has 0 spiro atoms. The minimum absolute atomic E-state index is 0.154. The molecule has 82 valence electrons. The van der Waals surface area contributed by atoms with Crippen molar-refractivity contribution in [2.24, 2.45) is 0 Å². The summed E-state index contributed by atoms with van der Waals surface area (Å²) in [6.07, 6.45) is 1.48. The van der Waals surface area contributed by atoms with Crippen molar-refractivity contribution in [3.8, 4) is 0 Å². The third kappa shape index (κ3) is 1.84. The van der Waals surface area contributed by atoms with Crippen LogP contribution in [0, 0.1) is 17.5 Å². The summed E-state index contributed by atoms with van der Waals surface area (Å²) in [5.74, 6) is -2.93. The third-order valence-corrected chi connectivity index (χ3v) is 2.90. The molecule has 0 aromatic heterocycles. The first-order valence-corrected chi connectivity index (χ1v) is 5.05. The Bertz CT molecular complexity index is 389. The van der Waals surface area contributed by atoms with Crippen molar-refractivity contribution >= 4 is 11.6 Å². The highest BCUT2D eigenvalue weighted by Gasteiger charge is 2.26. The fourth-order valence-corrected chi connectivity index (χ4v) is 1.99. The zero-order chi connectivity index (χ0) is 11.0. The van der Waals surface area contributed by atoms with Gasteiger partial charge in [-0.25, -0.2) is 13.2 Å². The van der Waals surface area contributed by atoms with Crippen molar-refractivity contribution in [1.29, 1.82) is 0 Å². The van der Waals surface area contributed by atoms with Gasteiger partial charge >= 0.3 is 0 Å². The van der Waals surface area contributed by atoms with Gasteiger partial charge < -0.3 is 5.32 Å². The summed E-state index contributed by atoms with van der Waals surface area (Å²) in [6, 6.07) is 0.226. The van der Waals surface area contributed by atoms with Crippen LogP contribution >= 0.6 is 11.6 Å². The predicted octanol–water partition coefficient (Wildman–Crippen LogP) is 3.18. The Morgan fingerprint density at radius 1 is 1.27 bits per heavy atom. The molecule has 2 rings (SSSR count). The SMILES string of the molecule is Fc1cc(F)c(C2CCCN2)c(F)c1Cl. The molecule has 0 amide bonds. The lowest BCUT2D eigenvalue weighted by Gasteiger charge is -2.13. The molecule has 1 aromatic carbocycles. The Hall–Kier alpha value is -0.740. The molecule has 1 N–H and O–H groups in total. The smallest absolute Gasteiger partial charge is 0.152 e. The summed E-state index contributed by atoms with van der Waals surface area (Å²) < 4.78 is 39.8. The molecular formula is C10H9ClF3N. The van der Waals surface area contributed by atoms with Gasteiger partial charge in [0.05, 0.1) is 0 Å². The number of nitrogens with one attached hydrogen (secondary N) is 1. The van der Waals surface area contributed by atoms with Crippen LogP contribution in [0.25, 0.3) is 0 Å². The summed E-state index contributed by atoms with van der Waals surface area (Å²) in [6.45, 7) is 0.707. The van der Waals surface area contributed by atoms with Crippen LogP contribution in [0.3, 0.4) is 0 Å². The highest BCUT2D eigenvalue weighted by Crippen LogP contribution is 2.32. The quantitative estimate of drug-likeness (QED) is 0.582. The fourth-order valence-electron chi connectivity index (χ4n) is 1.83. The highest BCUT2D eigenvalue weighted by molar-refractivity contribution is 6.30. The van der Waals surface area contributed by atoms with Gasteiger partial charge in [-0.2, -0.15) is 0 Å². The molecule has 1 aliphatic heterocycles. The van der Waals surface area contributed by atoms with Crippen molar-refractivity contribution in [2.75, 3.05) is 6.54 Å². The average molecular weight is 236 g/mol. The van der Waals surface area contributed by atoms with Crippen LogP contribution in [0.15, 0.2) is 6.07 Å². The molecule has 1 aromatic rings. The topological polar surface area (TPSA) is 12.0 Å². The summed E-state index contributed by atoms with van der Waals surface area (Å²) in [7, 11) is 0. The molecule has 0 bridgehead atoms. The lowest BCUT2D eigenvalue weighted by Crippen LogP contribution is -2.16. The Morgan fingerprint density at radius 3 is 2.60 bits per heavy atom. The zero-order valence-corrected chi connectivity index (χ0v) is 8.54. The first-order valence-electron chi connectivity index (χ1n) is 4.67. The maximum Gasteiger partial charge on any atom is 0.152 e. The summed E-state index contributed by atoms with van der Waals surface area (Å²) in [4.78, 5) is 0. The molecule has 5 heteroatoms. The highest BCUT2D eigenvalue weighted by atomic mass is 35.5. The molecule has 1 fully saturated rings. The van der Waals surface area contributed by atoms with E-state index in [4.69, 9.17) is 11.6 Å². The molecule has 1 heterocycles. The number of rotatable bonds is 1. The zero-order valence-electron chi connectivity index (χ0n) is 7.79. The Balaban J connectivity index is 2.50. The fraction of sp³-hybridized carbons (Fsp3) is 0.400. The standard InChI is InChI=1S/C10H9ClF3N/c11-9-6(13)4-5(12)8(10(9)14)7-2-1-3-15-7/h4,7,15H,1-3H2. The molecule has 1 saturated heterocycles. The Labute approximate surface area is 90.2 Å². The molecule has 0 saturated carbocycles. The second kappa shape index (κ2) is 4.02. The van der Waals surface area contributed by atoms with Gasteiger partial charge in [-0.15, -0.1) is 0 Å². The second-order valence-corrected chi connectivity index (χ2v) is 3.91. The lowest BCUT2D eigenvalue weighted by molar-refractivity contribution is 0.489. The summed E-state index contributed by atoms with van der Waals surface area (Å²) in [5.41, 5.74) is -0.154. The Morgan fingerprint density at radius 2 is 2.00 bits per heavy atom. The van der Waals surface area contributed by atoms with E-state index >= 15 is 0 Å². The molecule has 1 atom stereocenters. The lowest BCUT2D eigenvalue weighted by atomic mass is 10.0. The van der Waals surface area contributed by atoms with Crippen molar-refractivity contribution < 1.29 is 13.2 Å². The summed E-state index contributed by atoms with van der Waals surface area (Å²) >= 11 is 5.39. The molecule has 0 radical (unpaired) electrons. The predicted molar refractivity (Wildman–Crippen MR) is 51.3 cm³/mol. The average Bonchev–Trinajstić information content (AvgIpc) is 2.68. The van der Waals surface area contributed by atoms with Crippen molar-refractivity contribution in [2.45, 2.75) is 18.9 Å². The van der Waals surface area contributed by atoms with Crippen LogP contribution in [-0.4, -0.2) is 6.54 Å². The van der Waals surface area contributed by atoms with Gasteiger partial charge in [0, 0.05) is 17.7 Å². The van der Waals surface area contributed by atoms with Gasteiger partial charge in [0.1, 0.15) is 16.7 Å². The van der Waals surface area contributed by atoms with Gasteiger partial charge in [-0.05, 0) is 19.4 Å². The van der Waals surface area contributed by atoms with E-state index in [9.17, 15) is 13.2 Å². The summed E-state index contributed by atoms with van der Waals surface area (Å²) in [5, 5.41) is 2.30. The van der Waals surface area contributed by atoms with Crippen molar-refractivity contribution in [1.82, 2.24) is 5.32 Å². The molecule has 1 aliphatic rings. The van der Waals surface area contributed by atoms with Crippen LogP contribution in [0.2, 0.25) is 5.02 Å². The van der Waals surface area contributed by atoms with Gasteiger partial charge in [0.25, 0.3) is 0 Å². The third-order valence-electron chi connectivity index (χ3n) is 2.56. The van der Waals surface area contributed by atoms with Gasteiger partial charge in [-0.1, -0.05) is 11.6 Å². The minimum Gasteiger partial charge on any atom is -0.310 e. The monoisotopic (exact) mass is 235 g/mol. The van der Waals surface area contributed by atoms with E-state index in [1.54, 1.807) is 0 Å². The minimum atomic E-state index is -1.06. The molecule has 1 nitrogen and oxygen atoms in total. The maximum atomic E-state index is 13.5. The normalized spacial score (nSPS) is 20.9. The van der Waals surface area contributed by atoms with Crippen LogP contribution in [0.1, 0.15) is 24.4 Å². The van der Waals surface area contributed by atoms with E-state index < -0.39 is 28.5 Å². The van der Waals surface area contributed by atoms with E-state index in [2.05, 4.69) is 5.32 Å². The number of benzene rings is 1. The van der Waals surface area contributed by atoms with E-state index in [1.807, 2.05) is 0 Å². The first-order chi connectivity index (χ1) is 7.11. The van der Waals surface area contributed by atoms with Crippen molar-refractivity contribution in [3.05, 3.63) is 34.1 Å². The number of hydrogen-bond acceptors (Lipinski definition) is 1. The molecule has 0 aliphatic carbocycles. The van der Waals surface area contributed by atoms with Crippen molar-refractivity contribution in [3.63, 3.8) is 0 Å². The first kappa shape index (κ1) is 10.8. The van der Waals surface area contributed by atoms with Crippen LogP contribution in [0.5, 0.6) is 0 Å². The van der Waals surface area contributed by atoms with Gasteiger partial charge in [0.2, 0.25) is 0 Å². The van der Waals surface area contributed by atoms with Gasteiger partial charge in [0.15, 0.2) is 5.82 Å². The Kier molecular flexibility index (Phi) is 2.89. The second-order valence-electron chi connectivity index (χ2n) is 3.53. The van der Waals surface area contributed by atoms with E-state index in [1.165, 1.54) is 0 Å². The maximum absolute atomic E-state index is 13.5. The van der Waals surface area contributed by atoms with Crippen LogP contribution < -0.4 is 5.32 Å². The van der Waals surface area contributed by atoms with Crippen LogP contribution in [-0.2, 0) is 0 Å². The van der Waals surface area contributed by atoms with E-state index in [0.29, 0.717) is 19.0 Å².